The largest absolute Gasteiger partial charge is 0.323 e. The molecule has 1 N–H and O–H groups in total. The molecular weight excluding hydrogens is 396 g/mol. The standard InChI is InChI=1S/C27H38N4O/c1-21-9-4-3-7-16-31-26(32)29-25(28-24-12-5-2-6-13-24)27(31)14-17-30(18-15-27)20-22-10-8-11-23(21)19-22/h8,10-11,19,24H,1-7,9,12-18,20H2,(H,28,29,32). The molecule has 0 radical (unpaired) electrons. The van der Waals surface area contributed by atoms with Crippen LogP contribution in [-0.4, -0.2) is 52.9 Å². The number of carbonyl (C=O) groups excluding carboxylic acids is 1. The van der Waals surface area contributed by atoms with E-state index in [1.54, 1.807) is 0 Å². The molecule has 5 heteroatoms. The van der Waals surface area contributed by atoms with Crippen molar-refractivity contribution in [3.63, 3.8) is 0 Å². The lowest BCUT2D eigenvalue weighted by molar-refractivity contribution is 0.0984. The molecule has 2 amide bonds. The highest BCUT2D eigenvalue weighted by molar-refractivity contribution is 6.10. The number of urea groups is 1. The highest BCUT2D eigenvalue weighted by Gasteiger charge is 2.52. The summed E-state index contributed by atoms with van der Waals surface area (Å²) in [6.45, 7) is 8.15. The zero-order chi connectivity index (χ0) is 22.0. The monoisotopic (exact) mass is 434 g/mol. The van der Waals surface area contributed by atoms with Crippen LogP contribution in [0.3, 0.4) is 0 Å². The lowest BCUT2D eigenvalue weighted by atomic mass is 9.84. The number of carbonyl (C=O) groups is 1. The first-order chi connectivity index (χ1) is 15.6. The molecule has 1 saturated carbocycles. The van der Waals surface area contributed by atoms with E-state index in [-0.39, 0.29) is 11.6 Å². The SMILES string of the molecule is C=C1CCCCCN2C(=O)NC(=NC3CCCCC3)C23CCN(CC3)Cc2cccc1c2. The quantitative estimate of drug-likeness (QED) is 0.646. The molecule has 1 aromatic carbocycles. The van der Waals surface area contributed by atoms with Crippen molar-refractivity contribution < 1.29 is 4.79 Å². The van der Waals surface area contributed by atoms with Gasteiger partial charge in [0.1, 0.15) is 11.4 Å². The summed E-state index contributed by atoms with van der Waals surface area (Å²) in [4.78, 5) is 23.0. The number of hydrogen-bond acceptors (Lipinski definition) is 3. The van der Waals surface area contributed by atoms with Crippen LogP contribution in [0.4, 0.5) is 4.79 Å². The number of nitrogens with zero attached hydrogens (tertiary/aromatic N) is 3. The first-order valence-electron chi connectivity index (χ1n) is 12.8. The minimum Gasteiger partial charge on any atom is -0.312 e. The van der Waals surface area contributed by atoms with Crippen molar-refractivity contribution in [1.29, 1.82) is 0 Å². The number of amides is 2. The van der Waals surface area contributed by atoms with Gasteiger partial charge in [0.25, 0.3) is 0 Å². The van der Waals surface area contributed by atoms with Gasteiger partial charge in [0.05, 0.1) is 6.04 Å². The Morgan fingerprint density at radius 3 is 2.59 bits per heavy atom. The summed E-state index contributed by atoms with van der Waals surface area (Å²) in [6.07, 6.45) is 12.5. The molecule has 1 aliphatic carbocycles. The molecule has 0 atom stereocenters. The van der Waals surface area contributed by atoms with Gasteiger partial charge in [0, 0.05) is 26.2 Å². The molecular formula is C27H38N4O. The second kappa shape index (κ2) is 9.38. The van der Waals surface area contributed by atoms with Gasteiger partial charge in [0.2, 0.25) is 0 Å². The molecule has 5 aliphatic rings. The number of amidine groups is 1. The number of aliphatic imine (C=N–C) groups is 1. The van der Waals surface area contributed by atoms with Crippen LogP contribution in [-0.2, 0) is 6.54 Å². The molecule has 3 fully saturated rings. The zero-order valence-corrected chi connectivity index (χ0v) is 19.5. The van der Waals surface area contributed by atoms with Gasteiger partial charge in [-0.1, -0.05) is 56.5 Å². The van der Waals surface area contributed by atoms with E-state index in [0.29, 0.717) is 6.04 Å². The normalized spacial score (nSPS) is 31.2. The van der Waals surface area contributed by atoms with Gasteiger partial charge < -0.3 is 4.90 Å². The Labute approximate surface area is 193 Å². The van der Waals surface area contributed by atoms with E-state index < -0.39 is 0 Å². The molecule has 4 aliphatic heterocycles. The van der Waals surface area contributed by atoms with Gasteiger partial charge in [-0.2, -0.15) is 0 Å². The minimum atomic E-state index is -0.226. The number of rotatable bonds is 1. The Bertz CT molecular complexity index is 877. The minimum absolute atomic E-state index is 0.0772. The summed E-state index contributed by atoms with van der Waals surface area (Å²) in [5.74, 6) is 0.980. The Kier molecular flexibility index (Phi) is 6.36. The Hall–Kier alpha value is -2.14. The third kappa shape index (κ3) is 4.36. The maximum Gasteiger partial charge on any atom is 0.323 e. The van der Waals surface area contributed by atoms with Crippen LogP contribution < -0.4 is 5.32 Å². The van der Waals surface area contributed by atoms with Gasteiger partial charge >= 0.3 is 6.03 Å². The number of hydrogen-bond donors (Lipinski definition) is 1. The predicted molar refractivity (Wildman–Crippen MR) is 131 cm³/mol. The van der Waals surface area contributed by atoms with Crippen LogP contribution in [0.2, 0.25) is 0 Å². The molecule has 32 heavy (non-hydrogen) atoms. The van der Waals surface area contributed by atoms with Gasteiger partial charge in [-0.3, -0.25) is 15.2 Å². The fourth-order valence-corrected chi connectivity index (χ4v) is 6.13. The van der Waals surface area contributed by atoms with Crippen LogP contribution in [0.25, 0.3) is 5.57 Å². The lowest BCUT2D eigenvalue weighted by Crippen LogP contribution is -2.56. The molecule has 6 rings (SSSR count). The van der Waals surface area contributed by atoms with E-state index in [0.717, 1.165) is 70.5 Å². The van der Waals surface area contributed by atoms with E-state index in [1.165, 1.54) is 48.8 Å². The van der Waals surface area contributed by atoms with Crippen molar-refractivity contribution in [3.8, 4) is 0 Å². The van der Waals surface area contributed by atoms with Crippen LogP contribution in [0.15, 0.2) is 35.8 Å². The van der Waals surface area contributed by atoms with E-state index >= 15 is 0 Å². The van der Waals surface area contributed by atoms with Crippen molar-refractivity contribution in [2.45, 2.75) is 88.8 Å². The number of nitrogens with one attached hydrogen (secondary N) is 1. The lowest BCUT2D eigenvalue weighted by Gasteiger charge is -2.44. The van der Waals surface area contributed by atoms with Gasteiger partial charge in [-0.25, -0.2) is 4.79 Å². The Morgan fingerprint density at radius 2 is 1.78 bits per heavy atom. The van der Waals surface area contributed by atoms with Crippen LogP contribution >= 0.6 is 0 Å². The Morgan fingerprint density at radius 1 is 1.00 bits per heavy atom. The molecule has 0 unspecified atom stereocenters. The highest BCUT2D eigenvalue weighted by Crippen LogP contribution is 2.36. The first kappa shape index (κ1) is 21.7. The Balaban J connectivity index is 1.41. The van der Waals surface area contributed by atoms with E-state index in [1.807, 2.05) is 0 Å². The van der Waals surface area contributed by atoms with Crippen molar-refractivity contribution in [3.05, 3.63) is 42.0 Å². The van der Waals surface area contributed by atoms with Crippen molar-refractivity contribution in [2.75, 3.05) is 19.6 Å². The van der Waals surface area contributed by atoms with Crippen molar-refractivity contribution in [2.24, 2.45) is 4.99 Å². The zero-order valence-electron chi connectivity index (χ0n) is 19.5. The number of benzene rings is 1. The van der Waals surface area contributed by atoms with Crippen LogP contribution in [0.1, 0.15) is 81.8 Å². The second-order valence-corrected chi connectivity index (χ2v) is 10.3. The van der Waals surface area contributed by atoms with E-state index in [9.17, 15) is 4.79 Å². The summed E-state index contributed by atoms with van der Waals surface area (Å²) >= 11 is 0. The molecule has 1 aromatic rings. The number of piperidine rings is 1. The summed E-state index contributed by atoms with van der Waals surface area (Å²) in [6, 6.07) is 9.40. The summed E-state index contributed by atoms with van der Waals surface area (Å²) in [5.41, 5.74) is 3.66. The van der Waals surface area contributed by atoms with Crippen molar-refractivity contribution in [1.82, 2.24) is 15.1 Å². The van der Waals surface area contributed by atoms with Gasteiger partial charge in [-0.15, -0.1) is 0 Å². The van der Waals surface area contributed by atoms with Gasteiger partial charge in [0.15, 0.2) is 0 Å². The third-order valence-corrected chi connectivity index (χ3v) is 8.10. The summed E-state index contributed by atoms with van der Waals surface area (Å²) < 4.78 is 0. The summed E-state index contributed by atoms with van der Waals surface area (Å²) in [5, 5.41) is 3.24. The maximum atomic E-state index is 13.1. The molecule has 4 bridgehead atoms. The molecule has 5 nitrogen and oxygen atoms in total. The number of fused-ring (bicyclic) bond motifs is 7. The molecule has 0 aromatic heterocycles. The topological polar surface area (TPSA) is 47.9 Å². The first-order valence-corrected chi connectivity index (χ1v) is 12.8. The smallest absolute Gasteiger partial charge is 0.312 e. The maximum absolute atomic E-state index is 13.1. The van der Waals surface area contributed by atoms with Gasteiger partial charge in [-0.05, 0) is 61.6 Å². The van der Waals surface area contributed by atoms with E-state index in [2.05, 4.69) is 46.0 Å². The average Bonchev–Trinajstić information content (AvgIpc) is 3.05. The molecule has 172 valence electrons. The van der Waals surface area contributed by atoms with Crippen molar-refractivity contribution >= 4 is 17.4 Å². The fraction of sp³-hybridized carbons (Fsp3) is 0.630. The fourth-order valence-electron chi connectivity index (χ4n) is 6.13. The molecule has 2 saturated heterocycles. The van der Waals surface area contributed by atoms with Crippen LogP contribution in [0, 0.1) is 0 Å². The summed E-state index contributed by atoms with van der Waals surface area (Å²) in [7, 11) is 0. The molecule has 4 heterocycles. The predicted octanol–water partition coefficient (Wildman–Crippen LogP) is 5.36. The third-order valence-electron chi connectivity index (χ3n) is 8.10. The van der Waals surface area contributed by atoms with E-state index in [4.69, 9.17) is 4.99 Å². The number of allylic oxidation sites excluding steroid dienone is 1. The second-order valence-electron chi connectivity index (χ2n) is 10.3. The average molecular weight is 435 g/mol. The van der Waals surface area contributed by atoms with Crippen LogP contribution in [0.5, 0.6) is 0 Å². The highest BCUT2D eigenvalue weighted by atomic mass is 16.2. The molecule has 1 spiro atoms.